The summed E-state index contributed by atoms with van der Waals surface area (Å²) in [5, 5.41) is 0. The highest BCUT2D eigenvalue weighted by Gasteiger charge is 2.60. The molecule has 0 aromatic heterocycles. The highest BCUT2D eigenvalue weighted by atomic mass is 16.5. The second-order valence-electron chi connectivity index (χ2n) is 48.2. The van der Waals surface area contributed by atoms with Gasteiger partial charge in [-0.1, -0.05) is 347 Å². The lowest BCUT2D eigenvalue weighted by atomic mass is 9.49. The highest BCUT2D eigenvalue weighted by molar-refractivity contribution is 5.36. The van der Waals surface area contributed by atoms with Gasteiger partial charge in [-0.15, -0.1) is 0 Å². The number of piperidine rings is 1. The summed E-state index contributed by atoms with van der Waals surface area (Å²) in [5.41, 5.74) is 12.2. The maximum atomic E-state index is 5.61. The molecule has 3 saturated heterocycles. The molecule has 0 radical (unpaired) electrons. The van der Waals surface area contributed by atoms with E-state index in [0.717, 1.165) is 26.4 Å². The summed E-state index contributed by atoms with van der Waals surface area (Å²) < 4.78 is 11.1. The Labute approximate surface area is 613 Å². The summed E-state index contributed by atoms with van der Waals surface area (Å²) in [7, 11) is 2.25. The second kappa shape index (κ2) is 31.3. The van der Waals surface area contributed by atoms with E-state index in [9.17, 15) is 0 Å². The maximum absolute atomic E-state index is 5.61. The van der Waals surface area contributed by atoms with Gasteiger partial charge in [0.15, 0.2) is 0 Å². The topological polar surface area (TPSA) is 21.7 Å². The molecule has 0 bridgehead atoms. The van der Waals surface area contributed by atoms with Crippen molar-refractivity contribution in [2.45, 2.75) is 406 Å². The van der Waals surface area contributed by atoms with Crippen molar-refractivity contribution in [1.29, 1.82) is 0 Å². The molecule has 0 atom stereocenters. The number of ether oxygens (including phenoxy) is 2. The Bertz CT molecular complexity index is 2230. The third-order valence-corrected chi connectivity index (χ3v) is 30.3. The molecule has 97 heavy (non-hydrogen) atoms. The van der Waals surface area contributed by atoms with Gasteiger partial charge in [0, 0.05) is 25.2 Å². The predicted octanol–water partition coefficient (Wildman–Crippen LogP) is 29.5. The molecule has 0 amide bonds. The molecule has 0 spiro atoms. The molecule has 0 N–H and O–H groups in total. The number of likely N-dealkylation sites (tertiary alicyclic amines) is 1. The number of rotatable bonds is 0. The van der Waals surface area contributed by atoms with E-state index in [-0.39, 0.29) is 0 Å². The van der Waals surface area contributed by atoms with Crippen molar-refractivity contribution in [2.24, 2.45) is 114 Å². The molecule has 3 heterocycles. The van der Waals surface area contributed by atoms with Crippen LogP contribution in [0.5, 0.6) is 0 Å². The fourth-order valence-corrected chi connectivity index (χ4v) is 23.8. The summed E-state index contributed by atoms with van der Waals surface area (Å²) in [6, 6.07) is 8.99. The minimum Gasteiger partial charge on any atom is -0.381 e. The molecule has 3 saturated carbocycles. The molecule has 7 aliphatic rings. The van der Waals surface area contributed by atoms with E-state index in [0.29, 0.717) is 114 Å². The summed E-state index contributed by atoms with van der Waals surface area (Å²) in [6.45, 7) is 107. The molecule has 0 unspecified atom stereocenters. The van der Waals surface area contributed by atoms with Crippen LogP contribution in [-0.4, -0.2) is 51.5 Å². The lowest BCUT2D eigenvalue weighted by molar-refractivity contribution is -0.113. The molecule has 1 aromatic carbocycles. The van der Waals surface area contributed by atoms with E-state index in [4.69, 9.17) is 9.47 Å². The first-order valence-electron chi connectivity index (χ1n) is 40.7. The maximum Gasteiger partial charge on any atom is 0.0533 e. The van der Waals surface area contributed by atoms with E-state index < -0.39 is 0 Å². The van der Waals surface area contributed by atoms with Gasteiger partial charge < -0.3 is 14.4 Å². The summed E-state index contributed by atoms with van der Waals surface area (Å²) in [6.07, 6.45) is 24.6. The fraction of sp³-hybridized carbons (Fsp3) is 0.936. The van der Waals surface area contributed by atoms with Crippen LogP contribution < -0.4 is 0 Å². The van der Waals surface area contributed by atoms with E-state index >= 15 is 0 Å². The minimum absolute atomic E-state index is 0.335. The summed E-state index contributed by atoms with van der Waals surface area (Å²) >= 11 is 0. The Morgan fingerprint density at radius 3 is 0.629 bits per heavy atom. The molecule has 1 aromatic rings. The average Bonchev–Trinajstić information content (AvgIpc) is 1.66. The van der Waals surface area contributed by atoms with Crippen molar-refractivity contribution in [2.75, 3.05) is 46.6 Å². The Balaban J connectivity index is 0.000000386. The smallest absolute Gasteiger partial charge is 0.0533 e. The Kier molecular flexibility index (Phi) is 29.7. The van der Waals surface area contributed by atoms with Crippen molar-refractivity contribution >= 4 is 0 Å². The third kappa shape index (κ3) is 20.4. The van der Waals surface area contributed by atoms with Gasteiger partial charge in [-0.25, -0.2) is 0 Å². The average molecular weight is 1360 g/mol. The Morgan fingerprint density at radius 2 is 0.443 bits per heavy atom. The summed E-state index contributed by atoms with van der Waals surface area (Å²) in [5.74, 6) is 0. The molecule has 3 aliphatic heterocycles. The van der Waals surface area contributed by atoms with Crippen LogP contribution in [0.3, 0.4) is 0 Å². The number of benzene rings is 1. The zero-order valence-electron chi connectivity index (χ0n) is 75.0. The molecular formula is C94H181NO2. The van der Waals surface area contributed by atoms with Crippen molar-refractivity contribution in [3.63, 3.8) is 0 Å². The monoisotopic (exact) mass is 1360 g/mol. The van der Waals surface area contributed by atoms with Gasteiger partial charge in [-0.3, -0.25) is 0 Å². The number of hydrogen-bond acceptors (Lipinski definition) is 3. The van der Waals surface area contributed by atoms with Crippen molar-refractivity contribution in [1.82, 2.24) is 4.90 Å². The van der Waals surface area contributed by atoms with Crippen LogP contribution >= 0.6 is 0 Å². The van der Waals surface area contributed by atoms with E-state index in [2.05, 4.69) is 327 Å². The van der Waals surface area contributed by atoms with Crippen LogP contribution in [0.2, 0.25) is 0 Å². The Hall–Kier alpha value is -0.900. The molecule has 8 rings (SSSR count). The second-order valence-corrected chi connectivity index (χ2v) is 48.2. The largest absolute Gasteiger partial charge is 0.381 e. The standard InChI is InChI=1S/C17H26.C14H29N.C14H28.C13H26O.C13H26.C12H24O.C11H22/c1-15(2,3)17(16(4,5)6)11-13-9-7-8-10-14(13)12-17;1-12(2,3)14(13(4,5)6)8-10-15(7)11-9-14;1-12(2,3)14(13(4,5)6)10-8-7-9-11-14;1-11(2,3)13(12(4,5)6)7-9-14-10-8-13;1-11(2,3)13(12(4,5)6)9-7-8-10-13;1-10(2,3)12(11(4,5)6)7-8-13-9-12;1-9(2,3)11(7-8-11)10(4,5)6/h7-10H,11-12H2,1-6H3;8-11H2,1-7H3;7-11H2,1-6H3;7-10H2,1-6H3;7-10H2,1-6H3;7-9H2,1-6H3;7-8H2,1-6H3. The zero-order chi connectivity index (χ0) is 76.4. The van der Waals surface area contributed by atoms with Crippen LogP contribution in [0.25, 0.3) is 0 Å². The van der Waals surface area contributed by atoms with Crippen molar-refractivity contribution < 1.29 is 9.47 Å². The molecule has 6 fully saturated rings. The molecule has 4 aliphatic carbocycles. The molecular weight excluding hydrogens is 1180 g/mol. The SMILES string of the molecule is CC(C)(C)C1(C(C)(C)C)CC1.CC(C)(C)C1(C(C)(C)C)CCCC1.CC(C)(C)C1(C(C)(C)C)CCCCC1.CC(C)(C)C1(C(C)(C)C)CCOC1.CC(C)(C)C1(C(C)(C)C)CCOCC1.CC(C)(C)C1(C(C)(C)C)Cc2ccccc2C1.CN1CCC(C(C)(C)C)(C(C)(C)C)CC1. The van der Waals surface area contributed by atoms with E-state index in [1.54, 1.807) is 11.1 Å². The highest BCUT2D eigenvalue weighted by Crippen LogP contribution is 2.68. The van der Waals surface area contributed by atoms with Gasteiger partial charge in [-0.2, -0.15) is 0 Å². The fourth-order valence-electron chi connectivity index (χ4n) is 23.8. The van der Waals surface area contributed by atoms with Crippen molar-refractivity contribution in [3.8, 4) is 0 Å². The number of hydrogen-bond donors (Lipinski definition) is 0. The van der Waals surface area contributed by atoms with E-state index in [1.165, 1.54) is 129 Å². The molecule has 574 valence electrons. The van der Waals surface area contributed by atoms with Gasteiger partial charge in [0.05, 0.1) is 6.61 Å². The van der Waals surface area contributed by atoms with Crippen LogP contribution in [0, 0.1) is 114 Å². The third-order valence-electron chi connectivity index (χ3n) is 30.3. The van der Waals surface area contributed by atoms with Gasteiger partial charge in [0.25, 0.3) is 0 Å². The number of fused-ring (bicyclic) bond motifs is 1. The summed E-state index contributed by atoms with van der Waals surface area (Å²) in [4.78, 5) is 2.47. The van der Waals surface area contributed by atoms with Gasteiger partial charge >= 0.3 is 0 Å². The van der Waals surface area contributed by atoms with Crippen LogP contribution in [-0.2, 0) is 22.3 Å². The predicted molar refractivity (Wildman–Crippen MR) is 436 cm³/mol. The normalized spacial score (nSPS) is 22.9. The minimum atomic E-state index is 0.335. The lowest BCUT2D eigenvalue weighted by Gasteiger charge is -2.57. The van der Waals surface area contributed by atoms with Gasteiger partial charge in [0.1, 0.15) is 0 Å². The van der Waals surface area contributed by atoms with Crippen LogP contribution in [0.1, 0.15) is 405 Å². The van der Waals surface area contributed by atoms with Crippen LogP contribution in [0.15, 0.2) is 24.3 Å². The first kappa shape index (κ1) is 92.2. The van der Waals surface area contributed by atoms with Crippen molar-refractivity contribution in [3.05, 3.63) is 35.4 Å². The molecule has 3 heteroatoms. The Morgan fingerprint density at radius 1 is 0.237 bits per heavy atom. The van der Waals surface area contributed by atoms with E-state index in [1.807, 2.05) is 0 Å². The quantitative estimate of drug-likeness (QED) is 0.258. The molecule has 3 nitrogen and oxygen atoms in total. The first-order chi connectivity index (χ1) is 42.8. The number of nitrogens with zero attached hydrogens (tertiary/aromatic N) is 1. The van der Waals surface area contributed by atoms with Gasteiger partial charge in [0.2, 0.25) is 0 Å². The lowest BCUT2D eigenvalue weighted by Crippen LogP contribution is -2.52. The zero-order valence-corrected chi connectivity index (χ0v) is 75.0. The van der Waals surface area contributed by atoms with Gasteiger partial charge in [-0.05, 0) is 223 Å². The first-order valence-corrected chi connectivity index (χ1v) is 40.7. The van der Waals surface area contributed by atoms with Crippen LogP contribution in [0.4, 0.5) is 0 Å².